The second-order valence-corrected chi connectivity index (χ2v) is 8.18. The van der Waals surface area contributed by atoms with Crippen molar-refractivity contribution in [2.75, 3.05) is 26.3 Å². The summed E-state index contributed by atoms with van der Waals surface area (Å²) in [6, 6.07) is 14.6. The van der Waals surface area contributed by atoms with Crippen molar-refractivity contribution in [1.82, 2.24) is 0 Å². The average Bonchev–Trinajstić information content (AvgIpc) is 2.82. The van der Waals surface area contributed by atoms with Crippen LogP contribution in [-0.2, 0) is 17.5 Å². The minimum absolute atomic E-state index is 0.0765. The average molecular weight is 472 g/mol. The Morgan fingerprint density at radius 1 is 1.00 bits per heavy atom. The van der Waals surface area contributed by atoms with E-state index in [-0.39, 0.29) is 34.6 Å². The molecule has 3 aromatic carbocycles. The number of fused-ring (bicyclic) bond motifs is 2. The maximum atomic E-state index is 14.0. The summed E-state index contributed by atoms with van der Waals surface area (Å²) in [5, 5.41) is 11.9. The van der Waals surface area contributed by atoms with E-state index in [1.54, 1.807) is 24.3 Å². The molecule has 0 bridgehead atoms. The van der Waals surface area contributed by atoms with E-state index in [4.69, 9.17) is 13.9 Å². The van der Waals surface area contributed by atoms with Crippen molar-refractivity contribution in [3.63, 3.8) is 0 Å². The van der Waals surface area contributed by atoms with Crippen LogP contribution in [0.3, 0.4) is 0 Å². The van der Waals surface area contributed by atoms with E-state index in [2.05, 4.69) is 0 Å². The second kappa shape index (κ2) is 8.66. The second-order valence-electron chi connectivity index (χ2n) is 8.18. The van der Waals surface area contributed by atoms with Gasteiger partial charge in [-0.15, -0.1) is 0 Å². The molecule has 2 N–H and O–H groups in total. The predicted octanol–water partition coefficient (Wildman–Crippen LogP) is 3.88. The summed E-state index contributed by atoms with van der Waals surface area (Å²) >= 11 is 0. The number of hydrogen-bond donors (Lipinski definition) is 2. The Morgan fingerprint density at radius 3 is 2.47 bits per heavy atom. The molecule has 1 aromatic heterocycles. The standard InChI is InChI=1S/C25H20F3NO5/c26-25(27,28)24-23(33-17-6-5-15-3-1-2-4-16(15)13-17)21(31)18-7-8-20(30)19(22(18)34-24)14-29-9-11-32-12-10-29/h1-8,13,30H,9-12,14H2/p+1. The van der Waals surface area contributed by atoms with E-state index in [0.717, 1.165) is 15.7 Å². The third-order valence-corrected chi connectivity index (χ3v) is 5.92. The van der Waals surface area contributed by atoms with Gasteiger partial charge >= 0.3 is 6.18 Å². The van der Waals surface area contributed by atoms with Crippen LogP contribution in [0.25, 0.3) is 21.7 Å². The van der Waals surface area contributed by atoms with Gasteiger partial charge in [-0.2, -0.15) is 13.2 Å². The number of benzene rings is 3. The Hall–Kier alpha value is -3.56. The Bertz CT molecular complexity index is 1420. The van der Waals surface area contributed by atoms with Gasteiger partial charge in [0, 0.05) is 0 Å². The van der Waals surface area contributed by atoms with Gasteiger partial charge in [0.05, 0.1) is 24.2 Å². The van der Waals surface area contributed by atoms with E-state index in [0.29, 0.717) is 26.3 Å². The Kier molecular flexibility index (Phi) is 5.66. The number of ether oxygens (including phenoxy) is 2. The van der Waals surface area contributed by atoms with Crippen molar-refractivity contribution < 1.29 is 37.1 Å². The summed E-state index contributed by atoms with van der Waals surface area (Å²) in [6.45, 7) is 2.44. The molecule has 0 amide bonds. The van der Waals surface area contributed by atoms with Gasteiger partial charge in [0.25, 0.3) is 5.76 Å². The van der Waals surface area contributed by atoms with E-state index < -0.39 is 23.1 Å². The number of alkyl halides is 3. The first-order valence-electron chi connectivity index (χ1n) is 10.8. The van der Waals surface area contributed by atoms with Gasteiger partial charge in [-0.1, -0.05) is 30.3 Å². The number of morpholine rings is 1. The molecule has 0 saturated carbocycles. The summed E-state index contributed by atoms with van der Waals surface area (Å²) in [7, 11) is 0. The summed E-state index contributed by atoms with van der Waals surface area (Å²) < 4.78 is 58.1. The zero-order valence-electron chi connectivity index (χ0n) is 17.9. The number of phenolic OH excluding ortho intramolecular Hbond substituents is 1. The van der Waals surface area contributed by atoms with Crippen molar-refractivity contribution in [3.8, 4) is 17.2 Å². The highest BCUT2D eigenvalue weighted by Gasteiger charge is 2.41. The molecule has 2 heterocycles. The number of nitrogens with one attached hydrogen (secondary N) is 1. The fourth-order valence-electron chi connectivity index (χ4n) is 4.17. The van der Waals surface area contributed by atoms with Crippen molar-refractivity contribution in [2.24, 2.45) is 0 Å². The van der Waals surface area contributed by atoms with Crippen LogP contribution in [0, 0.1) is 0 Å². The smallest absolute Gasteiger partial charge is 0.453 e. The molecule has 0 atom stereocenters. The summed E-state index contributed by atoms with van der Waals surface area (Å²) in [6.07, 6.45) is -4.99. The molecule has 0 aliphatic carbocycles. The van der Waals surface area contributed by atoms with Crippen molar-refractivity contribution >= 4 is 21.7 Å². The summed E-state index contributed by atoms with van der Waals surface area (Å²) in [5.41, 5.74) is -1.10. The van der Waals surface area contributed by atoms with E-state index >= 15 is 0 Å². The molecule has 5 rings (SSSR count). The SMILES string of the molecule is O=c1c(Oc2ccc3ccccc3c2)c(C(F)(F)F)oc2c(C[NH+]3CCOCC3)c(O)ccc12. The molecular weight excluding hydrogens is 451 g/mol. The van der Waals surface area contributed by atoms with Crippen LogP contribution in [0.15, 0.2) is 63.8 Å². The number of halogens is 3. The third-order valence-electron chi connectivity index (χ3n) is 5.92. The van der Waals surface area contributed by atoms with Gasteiger partial charge in [-0.3, -0.25) is 4.79 Å². The van der Waals surface area contributed by atoms with Crippen LogP contribution < -0.4 is 15.1 Å². The molecule has 1 aliphatic rings. The quantitative estimate of drug-likeness (QED) is 0.472. The van der Waals surface area contributed by atoms with Crippen molar-refractivity contribution in [3.05, 3.63) is 76.1 Å². The van der Waals surface area contributed by atoms with E-state index in [1.807, 2.05) is 12.1 Å². The summed E-state index contributed by atoms with van der Waals surface area (Å²) in [5.74, 6) is -2.63. The van der Waals surface area contributed by atoms with Crippen LogP contribution >= 0.6 is 0 Å². The van der Waals surface area contributed by atoms with Gasteiger partial charge in [-0.25, -0.2) is 0 Å². The zero-order chi connectivity index (χ0) is 23.9. The fourth-order valence-corrected chi connectivity index (χ4v) is 4.17. The maximum Gasteiger partial charge on any atom is 0.453 e. The van der Waals surface area contributed by atoms with Crippen LogP contribution in [-0.4, -0.2) is 31.4 Å². The highest BCUT2D eigenvalue weighted by molar-refractivity contribution is 5.85. The number of phenols is 1. The van der Waals surface area contributed by atoms with Crippen LogP contribution in [0.5, 0.6) is 17.2 Å². The van der Waals surface area contributed by atoms with Gasteiger partial charge in [0.1, 0.15) is 31.1 Å². The van der Waals surface area contributed by atoms with Crippen molar-refractivity contribution in [2.45, 2.75) is 12.7 Å². The molecule has 1 fully saturated rings. The first kappa shape index (κ1) is 22.2. The molecule has 1 saturated heterocycles. The molecule has 1 aliphatic heterocycles. The van der Waals surface area contributed by atoms with Crippen LogP contribution in [0.2, 0.25) is 0 Å². The van der Waals surface area contributed by atoms with Gasteiger partial charge in [0.2, 0.25) is 11.2 Å². The maximum absolute atomic E-state index is 14.0. The molecule has 9 heteroatoms. The number of aromatic hydroxyl groups is 1. The lowest BCUT2D eigenvalue weighted by Gasteiger charge is -2.24. The number of rotatable bonds is 4. The van der Waals surface area contributed by atoms with E-state index in [1.165, 1.54) is 18.2 Å². The first-order valence-corrected chi connectivity index (χ1v) is 10.8. The minimum atomic E-state index is -4.99. The largest absolute Gasteiger partial charge is 0.507 e. The van der Waals surface area contributed by atoms with Crippen LogP contribution in [0.4, 0.5) is 13.2 Å². The normalized spacial score (nSPS) is 15.1. The number of quaternary nitrogens is 1. The lowest BCUT2D eigenvalue weighted by Crippen LogP contribution is -3.12. The molecule has 176 valence electrons. The fraction of sp³-hybridized carbons (Fsp3) is 0.240. The molecule has 0 radical (unpaired) electrons. The minimum Gasteiger partial charge on any atom is -0.507 e. The molecule has 0 spiro atoms. The molecule has 6 nitrogen and oxygen atoms in total. The lowest BCUT2D eigenvalue weighted by molar-refractivity contribution is -0.921. The zero-order valence-corrected chi connectivity index (χ0v) is 17.9. The molecule has 0 unspecified atom stereocenters. The first-order chi connectivity index (χ1) is 16.3. The van der Waals surface area contributed by atoms with Gasteiger partial charge < -0.3 is 23.9 Å². The van der Waals surface area contributed by atoms with E-state index in [9.17, 15) is 23.1 Å². The Labute approximate surface area is 191 Å². The third kappa shape index (κ3) is 4.20. The topological polar surface area (TPSA) is 73.3 Å². The Balaban J connectivity index is 1.64. The number of hydrogen-bond acceptors (Lipinski definition) is 5. The van der Waals surface area contributed by atoms with Crippen molar-refractivity contribution in [1.29, 1.82) is 0 Å². The molecular formula is C25H21F3NO5+. The van der Waals surface area contributed by atoms with Gasteiger partial charge in [-0.05, 0) is 35.0 Å². The molecule has 34 heavy (non-hydrogen) atoms. The highest BCUT2D eigenvalue weighted by atomic mass is 19.4. The van der Waals surface area contributed by atoms with Crippen LogP contribution in [0.1, 0.15) is 11.3 Å². The monoisotopic (exact) mass is 472 g/mol. The van der Waals surface area contributed by atoms with Gasteiger partial charge in [0.15, 0.2) is 5.58 Å². The Morgan fingerprint density at radius 2 is 1.74 bits per heavy atom. The summed E-state index contributed by atoms with van der Waals surface area (Å²) in [4.78, 5) is 14.2. The predicted molar refractivity (Wildman–Crippen MR) is 118 cm³/mol. The molecule has 4 aromatic rings. The highest BCUT2D eigenvalue weighted by Crippen LogP contribution is 2.40. The lowest BCUT2D eigenvalue weighted by atomic mass is 10.1.